The van der Waals surface area contributed by atoms with Crippen molar-refractivity contribution in [2.24, 2.45) is 0 Å². The van der Waals surface area contributed by atoms with Gasteiger partial charge >= 0.3 is 0 Å². The molecule has 1 heterocycles. The number of nitrogens with one attached hydrogen (secondary N) is 1. The van der Waals surface area contributed by atoms with E-state index in [0.717, 1.165) is 44.6 Å². The van der Waals surface area contributed by atoms with E-state index in [1.54, 1.807) is 0 Å². The Morgan fingerprint density at radius 1 is 1.24 bits per heavy atom. The van der Waals surface area contributed by atoms with Gasteiger partial charge in [-0.2, -0.15) is 0 Å². The van der Waals surface area contributed by atoms with Crippen molar-refractivity contribution < 1.29 is 9.47 Å². The van der Waals surface area contributed by atoms with Crippen LogP contribution in [0.25, 0.3) is 0 Å². The molecule has 0 spiro atoms. The zero-order valence-electron chi connectivity index (χ0n) is 13.7. The Hall–Kier alpha value is -1.06. The summed E-state index contributed by atoms with van der Waals surface area (Å²) in [6.45, 7) is 8.94. The summed E-state index contributed by atoms with van der Waals surface area (Å²) in [6, 6.07) is 8.83. The van der Waals surface area contributed by atoms with Crippen molar-refractivity contribution >= 4 is 0 Å². The Labute approximate surface area is 129 Å². The van der Waals surface area contributed by atoms with Gasteiger partial charge in [-0.1, -0.05) is 32.0 Å². The van der Waals surface area contributed by atoms with Crippen molar-refractivity contribution in [2.45, 2.75) is 64.6 Å². The van der Waals surface area contributed by atoms with Gasteiger partial charge in [0, 0.05) is 24.8 Å². The third kappa shape index (κ3) is 4.21. The molecule has 1 saturated heterocycles. The topological polar surface area (TPSA) is 30.5 Å². The lowest BCUT2D eigenvalue weighted by atomic mass is 9.86. The molecule has 1 aliphatic heterocycles. The molecule has 1 aromatic rings. The van der Waals surface area contributed by atoms with Crippen molar-refractivity contribution in [3.63, 3.8) is 0 Å². The van der Waals surface area contributed by atoms with Gasteiger partial charge in [-0.25, -0.2) is 0 Å². The van der Waals surface area contributed by atoms with Gasteiger partial charge in [0.1, 0.15) is 5.75 Å². The van der Waals surface area contributed by atoms with E-state index in [4.69, 9.17) is 9.47 Å². The lowest BCUT2D eigenvalue weighted by Crippen LogP contribution is -2.46. The Balaban J connectivity index is 1.94. The normalized spacial score (nSPS) is 21.2. The van der Waals surface area contributed by atoms with Gasteiger partial charge in [-0.15, -0.1) is 0 Å². The van der Waals surface area contributed by atoms with E-state index in [2.05, 4.69) is 31.3 Å². The largest absolute Gasteiger partial charge is 0.494 e. The van der Waals surface area contributed by atoms with Crippen molar-refractivity contribution in [1.29, 1.82) is 0 Å². The summed E-state index contributed by atoms with van der Waals surface area (Å²) in [5.74, 6) is 0.997. The fourth-order valence-electron chi connectivity index (χ4n) is 3.15. The fraction of sp³-hybridized carbons (Fsp3) is 0.667. The monoisotopic (exact) mass is 291 g/mol. The van der Waals surface area contributed by atoms with E-state index in [0.29, 0.717) is 12.6 Å². The van der Waals surface area contributed by atoms with E-state index >= 15 is 0 Å². The summed E-state index contributed by atoms with van der Waals surface area (Å²) in [7, 11) is 0. The van der Waals surface area contributed by atoms with Crippen molar-refractivity contribution in [3.05, 3.63) is 29.8 Å². The van der Waals surface area contributed by atoms with E-state index in [1.807, 2.05) is 19.1 Å². The predicted molar refractivity (Wildman–Crippen MR) is 86.7 cm³/mol. The minimum atomic E-state index is 0.0787. The van der Waals surface area contributed by atoms with Gasteiger partial charge in [0.15, 0.2) is 0 Å². The molecule has 1 unspecified atom stereocenters. The highest BCUT2D eigenvalue weighted by atomic mass is 16.5. The lowest BCUT2D eigenvalue weighted by Gasteiger charge is -2.40. The quantitative estimate of drug-likeness (QED) is 0.826. The van der Waals surface area contributed by atoms with Crippen LogP contribution in [-0.4, -0.2) is 24.9 Å². The third-order valence-electron chi connectivity index (χ3n) is 4.64. The molecule has 0 bridgehead atoms. The second-order valence-corrected chi connectivity index (χ2v) is 5.85. The first-order valence-corrected chi connectivity index (χ1v) is 8.31. The molecule has 21 heavy (non-hydrogen) atoms. The summed E-state index contributed by atoms with van der Waals surface area (Å²) in [4.78, 5) is 0. The fourth-order valence-corrected chi connectivity index (χ4v) is 3.15. The highest BCUT2D eigenvalue weighted by Crippen LogP contribution is 2.31. The number of rotatable bonds is 7. The Kier molecular flexibility index (Phi) is 6.07. The molecule has 0 aromatic heterocycles. The molecule has 0 aliphatic carbocycles. The number of benzene rings is 1. The Morgan fingerprint density at radius 3 is 2.71 bits per heavy atom. The van der Waals surface area contributed by atoms with Crippen LogP contribution >= 0.6 is 0 Å². The minimum absolute atomic E-state index is 0.0787. The molecule has 3 heteroatoms. The summed E-state index contributed by atoms with van der Waals surface area (Å²) in [6.07, 6.45) is 4.39. The Bertz CT molecular complexity index is 429. The first-order chi connectivity index (χ1) is 10.2. The average molecular weight is 291 g/mol. The third-order valence-corrected chi connectivity index (χ3v) is 4.64. The van der Waals surface area contributed by atoms with Crippen LogP contribution in [0.1, 0.15) is 52.0 Å². The predicted octanol–water partition coefficient (Wildman–Crippen LogP) is 3.91. The standard InChI is InChI=1S/C18H29NO2/c1-4-18(5-2)13-16(11-12-21-18)19-14-15-9-7-8-10-17(15)20-6-3/h7-10,16,19H,4-6,11-14H2,1-3H3. The van der Waals surface area contributed by atoms with E-state index in [-0.39, 0.29) is 5.60 Å². The van der Waals surface area contributed by atoms with Gasteiger partial charge < -0.3 is 14.8 Å². The van der Waals surface area contributed by atoms with E-state index < -0.39 is 0 Å². The van der Waals surface area contributed by atoms with Crippen LogP contribution in [0.5, 0.6) is 5.75 Å². The molecule has 1 fully saturated rings. The summed E-state index contributed by atoms with van der Waals surface area (Å²) in [5.41, 5.74) is 1.32. The average Bonchev–Trinajstić information content (AvgIpc) is 2.54. The van der Waals surface area contributed by atoms with E-state index in [9.17, 15) is 0 Å². The number of hydrogen-bond donors (Lipinski definition) is 1. The maximum Gasteiger partial charge on any atom is 0.123 e. The van der Waals surface area contributed by atoms with Crippen molar-refractivity contribution in [3.8, 4) is 5.75 Å². The zero-order chi connectivity index (χ0) is 15.1. The van der Waals surface area contributed by atoms with Gasteiger partial charge in [-0.05, 0) is 38.7 Å². The highest BCUT2D eigenvalue weighted by molar-refractivity contribution is 5.33. The molecule has 0 radical (unpaired) electrons. The molecule has 118 valence electrons. The summed E-state index contributed by atoms with van der Waals surface area (Å²) < 4.78 is 11.7. The van der Waals surface area contributed by atoms with E-state index in [1.165, 1.54) is 5.56 Å². The smallest absolute Gasteiger partial charge is 0.123 e. The molecule has 1 N–H and O–H groups in total. The highest BCUT2D eigenvalue weighted by Gasteiger charge is 2.34. The first kappa shape index (κ1) is 16.3. The maximum absolute atomic E-state index is 6.04. The maximum atomic E-state index is 6.04. The molecule has 1 atom stereocenters. The van der Waals surface area contributed by atoms with Gasteiger partial charge in [-0.3, -0.25) is 0 Å². The number of hydrogen-bond acceptors (Lipinski definition) is 3. The van der Waals surface area contributed by atoms with Crippen molar-refractivity contribution in [2.75, 3.05) is 13.2 Å². The summed E-state index contributed by atoms with van der Waals surface area (Å²) in [5, 5.41) is 3.70. The molecule has 0 saturated carbocycles. The van der Waals surface area contributed by atoms with Crippen LogP contribution in [0, 0.1) is 0 Å². The SMILES string of the molecule is CCOc1ccccc1CNC1CCOC(CC)(CC)C1. The second kappa shape index (κ2) is 7.81. The molecular weight excluding hydrogens is 262 g/mol. The molecule has 2 rings (SSSR count). The zero-order valence-corrected chi connectivity index (χ0v) is 13.7. The van der Waals surface area contributed by atoms with Gasteiger partial charge in [0.25, 0.3) is 0 Å². The van der Waals surface area contributed by atoms with Crippen LogP contribution in [0.3, 0.4) is 0 Å². The van der Waals surface area contributed by atoms with Crippen LogP contribution in [0.2, 0.25) is 0 Å². The molecule has 1 aromatic carbocycles. The number of para-hydroxylation sites is 1. The van der Waals surface area contributed by atoms with Crippen LogP contribution in [0.4, 0.5) is 0 Å². The molecule has 1 aliphatic rings. The summed E-state index contributed by atoms with van der Waals surface area (Å²) >= 11 is 0. The van der Waals surface area contributed by atoms with Crippen molar-refractivity contribution in [1.82, 2.24) is 5.32 Å². The van der Waals surface area contributed by atoms with Gasteiger partial charge in [0.2, 0.25) is 0 Å². The first-order valence-electron chi connectivity index (χ1n) is 8.31. The number of ether oxygens (including phenoxy) is 2. The lowest BCUT2D eigenvalue weighted by molar-refractivity contribution is -0.0932. The molecular formula is C18H29NO2. The molecule has 0 amide bonds. The Morgan fingerprint density at radius 2 is 2.00 bits per heavy atom. The molecule has 3 nitrogen and oxygen atoms in total. The van der Waals surface area contributed by atoms with Gasteiger partial charge in [0.05, 0.1) is 12.2 Å². The minimum Gasteiger partial charge on any atom is -0.494 e. The second-order valence-electron chi connectivity index (χ2n) is 5.85. The van der Waals surface area contributed by atoms with Crippen LogP contribution in [0.15, 0.2) is 24.3 Å². The van der Waals surface area contributed by atoms with Crippen LogP contribution in [-0.2, 0) is 11.3 Å². The van der Waals surface area contributed by atoms with Crippen LogP contribution < -0.4 is 10.1 Å².